The third kappa shape index (κ3) is 2.53. The van der Waals surface area contributed by atoms with Crippen molar-refractivity contribution in [2.75, 3.05) is 6.61 Å². The summed E-state index contributed by atoms with van der Waals surface area (Å²) in [4.78, 5) is 2.07. The fourth-order valence-corrected chi connectivity index (χ4v) is 2.07. The van der Waals surface area contributed by atoms with Crippen molar-refractivity contribution in [1.29, 1.82) is 0 Å². The summed E-state index contributed by atoms with van der Waals surface area (Å²) < 4.78 is 0. The van der Waals surface area contributed by atoms with Crippen molar-refractivity contribution in [3.05, 3.63) is 21.9 Å². The zero-order chi connectivity index (χ0) is 10.1. The van der Waals surface area contributed by atoms with Gasteiger partial charge in [-0.15, -0.1) is 11.3 Å². The zero-order valence-corrected chi connectivity index (χ0v) is 9.06. The van der Waals surface area contributed by atoms with Gasteiger partial charge in [0, 0.05) is 9.75 Å². The van der Waals surface area contributed by atoms with Crippen molar-refractivity contribution in [2.24, 2.45) is 0 Å². The van der Waals surface area contributed by atoms with Crippen LogP contribution in [-0.2, 0) is 5.41 Å². The summed E-state index contributed by atoms with van der Waals surface area (Å²) in [6.45, 7) is 6.19. The Morgan fingerprint density at radius 2 is 2.00 bits per heavy atom. The highest BCUT2D eigenvalue weighted by molar-refractivity contribution is 7.12. The van der Waals surface area contributed by atoms with Gasteiger partial charge in [0.25, 0.3) is 0 Å². The summed E-state index contributed by atoms with van der Waals surface area (Å²) in [6, 6.07) is 3.89. The average molecular weight is 200 g/mol. The molecule has 1 unspecified atom stereocenters. The lowest BCUT2D eigenvalue weighted by Crippen LogP contribution is -2.08. The number of thiophene rings is 1. The van der Waals surface area contributed by atoms with Gasteiger partial charge < -0.3 is 10.2 Å². The summed E-state index contributed by atoms with van der Waals surface area (Å²) in [5.41, 5.74) is 0.123. The zero-order valence-electron chi connectivity index (χ0n) is 8.24. The molecule has 74 valence electrons. The van der Waals surface area contributed by atoms with Gasteiger partial charge in [-0.25, -0.2) is 0 Å². The van der Waals surface area contributed by atoms with E-state index in [1.165, 1.54) is 4.88 Å². The Morgan fingerprint density at radius 1 is 1.38 bits per heavy atom. The molecule has 1 rings (SSSR count). The van der Waals surface area contributed by atoms with Crippen molar-refractivity contribution >= 4 is 11.3 Å². The normalized spacial score (nSPS) is 14.5. The second kappa shape index (κ2) is 3.78. The molecular formula is C10H16O2S. The van der Waals surface area contributed by atoms with Gasteiger partial charge in [0.2, 0.25) is 0 Å². The van der Waals surface area contributed by atoms with Crippen LogP contribution in [-0.4, -0.2) is 16.8 Å². The van der Waals surface area contributed by atoms with Gasteiger partial charge in [-0.1, -0.05) is 20.8 Å². The second-order valence-corrected chi connectivity index (χ2v) is 5.27. The van der Waals surface area contributed by atoms with Crippen LogP contribution in [0.25, 0.3) is 0 Å². The summed E-state index contributed by atoms with van der Waals surface area (Å²) >= 11 is 1.56. The Kier molecular flexibility index (Phi) is 3.11. The topological polar surface area (TPSA) is 40.5 Å². The molecule has 0 aliphatic heterocycles. The third-order valence-electron chi connectivity index (χ3n) is 1.87. The van der Waals surface area contributed by atoms with E-state index in [1.807, 2.05) is 12.1 Å². The van der Waals surface area contributed by atoms with Crippen molar-refractivity contribution < 1.29 is 10.2 Å². The molecule has 1 heterocycles. The van der Waals surface area contributed by atoms with Crippen LogP contribution < -0.4 is 0 Å². The standard InChI is InChI=1S/C10H16O2S/c1-10(2,3)9-5-4-8(13-9)7(12)6-11/h4-5,7,11-12H,6H2,1-3H3. The third-order valence-corrected chi connectivity index (χ3v) is 3.48. The van der Waals surface area contributed by atoms with Crippen molar-refractivity contribution in [2.45, 2.75) is 32.3 Å². The second-order valence-electron chi connectivity index (χ2n) is 4.15. The monoisotopic (exact) mass is 200 g/mol. The lowest BCUT2D eigenvalue weighted by Gasteiger charge is -2.15. The highest BCUT2D eigenvalue weighted by Gasteiger charge is 2.18. The van der Waals surface area contributed by atoms with E-state index in [0.29, 0.717) is 0 Å². The van der Waals surface area contributed by atoms with Gasteiger partial charge in [0.05, 0.1) is 6.61 Å². The van der Waals surface area contributed by atoms with Crippen molar-refractivity contribution in [3.8, 4) is 0 Å². The quantitative estimate of drug-likeness (QED) is 0.767. The summed E-state index contributed by atoms with van der Waals surface area (Å²) in [7, 11) is 0. The van der Waals surface area contributed by atoms with Gasteiger partial charge in [-0.2, -0.15) is 0 Å². The van der Waals surface area contributed by atoms with Gasteiger partial charge in [0.15, 0.2) is 0 Å². The van der Waals surface area contributed by atoms with Crippen LogP contribution >= 0.6 is 11.3 Å². The van der Waals surface area contributed by atoms with Crippen molar-refractivity contribution in [1.82, 2.24) is 0 Å². The first-order valence-corrected chi connectivity index (χ1v) is 5.16. The lowest BCUT2D eigenvalue weighted by atomic mass is 9.95. The highest BCUT2D eigenvalue weighted by Crippen LogP contribution is 2.31. The molecule has 1 aromatic rings. The molecule has 0 saturated heterocycles. The Balaban J connectivity index is 2.87. The first-order valence-electron chi connectivity index (χ1n) is 4.34. The largest absolute Gasteiger partial charge is 0.393 e. The van der Waals surface area contributed by atoms with E-state index < -0.39 is 6.10 Å². The number of hydrogen-bond donors (Lipinski definition) is 2. The molecule has 2 nitrogen and oxygen atoms in total. The molecule has 0 radical (unpaired) electrons. The predicted molar refractivity (Wildman–Crippen MR) is 55.1 cm³/mol. The molecule has 0 spiro atoms. The maximum absolute atomic E-state index is 9.37. The van der Waals surface area contributed by atoms with Crippen LogP contribution in [0.5, 0.6) is 0 Å². The minimum atomic E-state index is -0.721. The number of aliphatic hydroxyl groups excluding tert-OH is 2. The van der Waals surface area contributed by atoms with Gasteiger partial charge in [0.1, 0.15) is 6.10 Å². The lowest BCUT2D eigenvalue weighted by molar-refractivity contribution is 0.0984. The van der Waals surface area contributed by atoms with Crippen molar-refractivity contribution in [3.63, 3.8) is 0 Å². The van der Waals surface area contributed by atoms with Crippen LogP contribution in [0.1, 0.15) is 36.6 Å². The van der Waals surface area contributed by atoms with E-state index in [1.54, 1.807) is 11.3 Å². The minimum absolute atomic E-state index is 0.123. The van der Waals surface area contributed by atoms with E-state index in [4.69, 9.17) is 5.11 Å². The molecule has 0 bridgehead atoms. The van der Waals surface area contributed by atoms with Gasteiger partial charge >= 0.3 is 0 Å². The van der Waals surface area contributed by atoms with Crippen LogP contribution in [0.2, 0.25) is 0 Å². The molecule has 1 aromatic heterocycles. The minimum Gasteiger partial charge on any atom is -0.393 e. The summed E-state index contributed by atoms with van der Waals surface area (Å²) in [5, 5.41) is 18.1. The van der Waals surface area contributed by atoms with Gasteiger partial charge in [-0.3, -0.25) is 0 Å². The highest BCUT2D eigenvalue weighted by atomic mass is 32.1. The van der Waals surface area contributed by atoms with Crippen LogP contribution in [0.15, 0.2) is 12.1 Å². The SMILES string of the molecule is CC(C)(C)c1ccc(C(O)CO)s1. The summed E-state index contributed by atoms with van der Waals surface area (Å²) in [5.74, 6) is 0. The molecule has 0 fully saturated rings. The number of rotatable bonds is 2. The molecule has 13 heavy (non-hydrogen) atoms. The summed E-state index contributed by atoms with van der Waals surface area (Å²) in [6.07, 6.45) is -0.721. The van der Waals surface area contributed by atoms with Crippen LogP contribution in [0, 0.1) is 0 Å². The van der Waals surface area contributed by atoms with Crippen LogP contribution in [0.4, 0.5) is 0 Å². The van der Waals surface area contributed by atoms with E-state index in [0.717, 1.165) is 4.88 Å². The fraction of sp³-hybridized carbons (Fsp3) is 0.600. The van der Waals surface area contributed by atoms with Crippen LogP contribution in [0.3, 0.4) is 0 Å². The van der Waals surface area contributed by atoms with E-state index in [9.17, 15) is 5.11 Å². The van der Waals surface area contributed by atoms with E-state index in [-0.39, 0.29) is 12.0 Å². The Labute approximate surface area is 82.8 Å². The van der Waals surface area contributed by atoms with Gasteiger partial charge in [-0.05, 0) is 17.5 Å². The first kappa shape index (κ1) is 10.7. The molecule has 3 heteroatoms. The Morgan fingerprint density at radius 3 is 2.38 bits per heavy atom. The average Bonchev–Trinajstić information content (AvgIpc) is 2.50. The molecular weight excluding hydrogens is 184 g/mol. The number of aliphatic hydroxyl groups is 2. The predicted octanol–water partition coefficient (Wildman–Crippen LogP) is 2.07. The molecule has 0 amide bonds. The number of hydrogen-bond acceptors (Lipinski definition) is 3. The molecule has 0 aromatic carbocycles. The Hall–Kier alpha value is -0.380. The fourth-order valence-electron chi connectivity index (χ4n) is 1.02. The molecule has 0 aliphatic rings. The molecule has 1 atom stereocenters. The molecule has 0 saturated carbocycles. The molecule has 0 aliphatic carbocycles. The first-order chi connectivity index (χ1) is 5.95. The van der Waals surface area contributed by atoms with E-state index >= 15 is 0 Å². The van der Waals surface area contributed by atoms with E-state index in [2.05, 4.69) is 20.8 Å². The maximum Gasteiger partial charge on any atom is 0.111 e. The Bertz CT molecular complexity index is 273. The smallest absolute Gasteiger partial charge is 0.111 e. The maximum atomic E-state index is 9.37. The molecule has 2 N–H and O–H groups in total.